The second-order valence-electron chi connectivity index (χ2n) is 2.80. The van der Waals surface area contributed by atoms with Crippen molar-refractivity contribution in [2.24, 2.45) is 0 Å². The van der Waals surface area contributed by atoms with Crippen LogP contribution in [0.1, 0.15) is 0 Å². The number of rotatable bonds is 0. The lowest BCUT2D eigenvalue weighted by molar-refractivity contribution is 0.476. The molecule has 1 N–H and O–H groups in total. The number of halogens is 2. The average Bonchev–Trinajstić information content (AvgIpc) is 2.08. The van der Waals surface area contributed by atoms with E-state index in [1.54, 1.807) is 18.2 Å². The molecule has 0 fully saturated rings. The summed E-state index contributed by atoms with van der Waals surface area (Å²) in [5.74, 6) is 0.0940. The fraction of sp³-hybridized carbons (Fsp3) is 0. The molecule has 0 bridgehead atoms. The molecular weight excluding hydrogens is 207 g/mol. The van der Waals surface area contributed by atoms with Gasteiger partial charge in [-0.05, 0) is 35.0 Å². The fourth-order valence-electron chi connectivity index (χ4n) is 1.23. The van der Waals surface area contributed by atoms with E-state index in [4.69, 9.17) is 23.2 Å². The Balaban J connectivity index is 2.81. The second kappa shape index (κ2) is 3.09. The van der Waals surface area contributed by atoms with Crippen molar-refractivity contribution in [3.63, 3.8) is 0 Å². The molecule has 2 rings (SSSR count). The second-order valence-corrected chi connectivity index (χ2v) is 3.64. The van der Waals surface area contributed by atoms with Crippen molar-refractivity contribution in [2.75, 3.05) is 0 Å². The number of hydrogen-bond donors (Lipinski definition) is 1. The molecule has 66 valence electrons. The molecule has 2 aromatic rings. The first-order valence-electron chi connectivity index (χ1n) is 3.74. The Morgan fingerprint density at radius 1 is 0.923 bits per heavy atom. The van der Waals surface area contributed by atoms with Crippen molar-refractivity contribution in [2.45, 2.75) is 0 Å². The Morgan fingerprint density at radius 3 is 2.46 bits per heavy atom. The molecule has 0 heterocycles. The van der Waals surface area contributed by atoms with Crippen LogP contribution in [0, 0.1) is 0 Å². The largest absolute Gasteiger partial charge is 0.506 e. The molecule has 0 amide bonds. The van der Waals surface area contributed by atoms with Crippen LogP contribution in [-0.4, -0.2) is 5.11 Å². The van der Waals surface area contributed by atoms with E-state index in [2.05, 4.69) is 0 Å². The van der Waals surface area contributed by atoms with Crippen LogP contribution in [0.3, 0.4) is 0 Å². The molecule has 2 aromatic carbocycles. The van der Waals surface area contributed by atoms with Crippen LogP contribution in [0.15, 0.2) is 30.3 Å². The molecule has 0 aromatic heterocycles. The van der Waals surface area contributed by atoms with Gasteiger partial charge in [-0.1, -0.05) is 29.3 Å². The van der Waals surface area contributed by atoms with Gasteiger partial charge < -0.3 is 5.11 Å². The van der Waals surface area contributed by atoms with E-state index in [1.165, 1.54) is 0 Å². The Hall–Kier alpha value is -0.920. The number of aromatic hydroxyl groups is 1. The van der Waals surface area contributed by atoms with Gasteiger partial charge in [0.25, 0.3) is 0 Å². The number of benzene rings is 2. The molecule has 0 atom stereocenters. The molecule has 0 saturated heterocycles. The Labute approximate surface area is 85.5 Å². The normalized spacial score (nSPS) is 10.6. The van der Waals surface area contributed by atoms with E-state index in [1.807, 2.05) is 12.1 Å². The van der Waals surface area contributed by atoms with Gasteiger partial charge in [-0.2, -0.15) is 0 Å². The summed E-state index contributed by atoms with van der Waals surface area (Å²) in [6.45, 7) is 0. The van der Waals surface area contributed by atoms with Crippen molar-refractivity contribution in [3.8, 4) is 5.75 Å². The first-order chi connectivity index (χ1) is 6.16. The van der Waals surface area contributed by atoms with Crippen LogP contribution in [0.2, 0.25) is 10.0 Å². The Kier molecular flexibility index (Phi) is 2.06. The monoisotopic (exact) mass is 212 g/mol. The van der Waals surface area contributed by atoms with Gasteiger partial charge in [-0.3, -0.25) is 0 Å². The Bertz CT molecular complexity index is 466. The van der Waals surface area contributed by atoms with Gasteiger partial charge in [0.1, 0.15) is 5.75 Å². The van der Waals surface area contributed by atoms with Gasteiger partial charge in [0.05, 0.1) is 5.02 Å². The van der Waals surface area contributed by atoms with Gasteiger partial charge in [0.15, 0.2) is 0 Å². The van der Waals surface area contributed by atoms with Crippen molar-refractivity contribution in [1.29, 1.82) is 0 Å². The highest BCUT2D eigenvalue weighted by Gasteiger charge is 2.01. The standard InChI is InChI=1S/C10H6Cl2O/c11-8-2-1-6-5-10(13)9(12)4-7(6)3-8/h1-5,13H. The smallest absolute Gasteiger partial charge is 0.134 e. The summed E-state index contributed by atoms with van der Waals surface area (Å²) < 4.78 is 0. The molecule has 0 aliphatic heterocycles. The van der Waals surface area contributed by atoms with Crippen LogP contribution in [0.5, 0.6) is 5.75 Å². The lowest BCUT2D eigenvalue weighted by Crippen LogP contribution is -1.74. The fourth-order valence-corrected chi connectivity index (χ4v) is 1.58. The van der Waals surface area contributed by atoms with Crippen LogP contribution in [-0.2, 0) is 0 Å². The number of phenols is 1. The van der Waals surface area contributed by atoms with Crippen LogP contribution < -0.4 is 0 Å². The third kappa shape index (κ3) is 1.58. The van der Waals surface area contributed by atoms with Crippen molar-refractivity contribution in [3.05, 3.63) is 40.4 Å². The predicted octanol–water partition coefficient (Wildman–Crippen LogP) is 3.85. The van der Waals surface area contributed by atoms with Gasteiger partial charge in [0.2, 0.25) is 0 Å². The van der Waals surface area contributed by atoms with Crippen molar-refractivity contribution >= 4 is 34.0 Å². The van der Waals surface area contributed by atoms with E-state index in [-0.39, 0.29) is 5.75 Å². The lowest BCUT2D eigenvalue weighted by Gasteiger charge is -2.01. The van der Waals surface area contributed by atoms with E-state index in [0.717, 1.165) is 10.8 Å². The van der Waals surface area contributed by atoms with Gasteiger partial charge in [-0.25, -0.2) is 0 Å². The first-order valence-corrected chi connectivity index (χ1v) is 4.50. The quantitative estimate of drug-likeness (QED) is 0.704. The van der Waals surface area contributed by atoms with Crippen molar-refractivity contribution < 1.29 is 5.11 Å². The highest BCUT2D eigenvalue weighted by Crippen LogP contribution is 2.30. The summed E-state index contributed by atoms with van der Waals surface area (Å²) >= 11 is 11.6. The maximum Gasteiger partial charge on any atom is 0.134 e. The molecule has 1 nitrogen and oxygen atoms in total. The first kappa shape index (κ1) is 8.67. The molecule has 0 spiro atoms. The van der Waals surface area contributed by atoms with Crippen molar-refractivity contribution in [1.82, 2.24) is 0 Å². The summed E-state index contributed by atoms with van der Waals surface area (Å²) in [4.78, 5) is 0. The van der Waals surface area contributed by atoms with Crippen LogP contribution in [0.25, 0.3) is 10.8 Å². The van der Waals surface area contributed by atoms with Gasteiger partial charge in [-0.15, -0.1) is 0 Å². The van der Waals surface area contributed by atoms with E-state index >= 15 is 0 Å². The summed E-state index contributed by atoms with van der Waals surface area (Å²) in [5.41, 5.74) is 0. The predicted molar refractivity (Wildman–Crippen MR) is 55.6 cm³/mol. The molecule has 0 saturated carbocycles. The Morgan fingerprint density at radius 2 is 1.69 bits per heavy atom. The third-order valence-corrected chi connectivity index (χ3v) is 2.41. The van der Waals surface area contributed by atoms with E-state index < -0.39 is 0 Å². The number of hydrogen-bond acceptors (Lipinski definition) is 1. The molecule has 0 unspecified atom stereocenters. The zero-order valence-corrected chi connectivity index (χ0v) is 8.10. The highest BCUT2D eigenvalue weighted by molar-refractivity contribution is 6.33. The maximum atomic E-state index is 9.32. The zero-order chi connectivity index (χ0) is 9.42. The maximum absolute atomic E-state index is 9.32. The highest BCUT2D eigenvalue weighted by atomic mass is 35.5. The molecule has 13 heavy (non-hydrogen) atoms. The average molecular weight is 213 g/mol. The van der Waals surface area contributed by atoms with E-state index in [9.17, 15) is 5.11 Å². The summed E-state index contributed by atoms with van der Waals surface area (Å²) in [6, 6.07) is 8.74. The third-order valence-electron chi connectivity index (χ3n) is 1.87. The number of fused-ring (bicyclic) bond motifs is 1. The summed E-state index contributed by atoms with van der Waals surface area (Å²) in [5, 5.41) is 12.2. The van der Waals surface area contributed by atoms with Gasteiger partial charge >= 0.3 is 0 Å². The minimum atomic E-state index is 0.0940. The van der Waals surface area contributed by atoms with Crippen LogP contribution >= 0.6 is 23.2 Å². The van der Waals surface area contributed by atoms with Gasteiger partial charge in [0, 0.05) is 5.02 Å². The molecule has 0 radical (unpaired) electrons. The summed E-state index contributed by atoms with van der Waals surface area (Å²) in [6.07, 6.45) is 0. The molecule has 0 aliphatic carbocycles. The summed E-state index contributed by atoms with van der Waals surface area (Å²) in [7, 11) is 0. The van der Waals surface area contributed by atoms with E-state index in [0.29, 0.717) is 10.0 Å². The molecule has 0 aliphatic rings. The zero-order valence-electron chi connectivity index (χ0n) is 6.59. The minimum Gasteiger partial charge on any atom is -0.506 e. The minimum absolute atomic E-state index is 0.0940. The molecule has 3 heteroatoms. The number of phenolic OH excluding ortho intramolecular Hbond substituents is 1. The SMILES string of the molecule is Oc1cc2ccc(Cl)cc2cc1Cl. The van der Waals surface area contributed by atoms with Crippen LogP contribution in [0.4, 0.5) is 0 Å². The topological polar surface area (TPSA) is 20.2 Å². The lowest BCUT2D eigenvalue weighted by atomic mass is 10.1. The molecular formula is C10H6Cl2O.